The van der Waals surface area contributed by atoms with Crippen LogP contribution in [-0.4, -0.2) is 24.8 Å². The Labute approximate surface area is 155 Å². The molecule has 2 aromatic rings. The van der Waals surface area contributed by atoms with Crippen LogP contribution in [0.3, 0.4) is 0 Å². The van der Waals surface area contributed by atoms with E-state index in [2.05, 4.69) is 0 Å². The standard InChI is InChI=1S/C20H19F3N2O2/c1-13(14-5-4-6-15(12-14)20(21,22)23)11-16(24)19(26)25-9-10-27-18-8-3-2-7-17(18)25/h2-8,12-13,24H,9-11H2,1H3. The van der Waals surface area contributed by atoms with E-state index in [0.29, 0.717) is 30.2 Å². The molecule has 0 saturated heterocycles. The molecule has 142 valence electrons. The van der Waals surface area contributed by atoms with Gasteiger partial charge >= 0.3 is 6.18 Å². The number of fused-ring (bicyclic) bond motifs is 1. The summed E-state index contributed by atoms with van der Waals surface area (Å²) in [5.74, 6) is -0.263. The number of nitrogens with zero attached hydrogens (tertiary/aromatic N) is 1. The minimum absolute atomic E-state index is 0.0552. The van der Waals surface area contributed by atoms with Crippen molar-refractivity contribution in [3.63, 3.8) is 0 Å². The maximum Gasteiger partial charge on any atom is 0.416 e. The predicted octanol–water partition coefficient (Wildman–Crippen LogP) is 4.64. The van der Waals surface area contributed by atoms with Crippen molar-refractivity contribution in [1.82, 2.24) is 0 Å². The molecule has 0 fully saturated rings. The number of hydrogen-bond donors (Lipinski definition) is 1. The van der Waals surface area contributed by atoms with Crippen molar-refractivity contribution in [2.24, 2.45) is 0 Å². The second-order valence-electron chi connectivity index (χ2n) is 6.48. The molecule has 0 aliphatic carbocycles. The maximum absolute atomic E-state index is 12.9. The minimum atomic E-state index is -4.42. The Kier molecular flexibility index (Phi) is 5.21. The molecule has 0 aromatic heterocycles. The number of hydrogen-bond acceptors (Lipinski definition) is 3. The van der Waals surface area contributed by atoms with Crippen molar-refractivity contribution >= 4 is 17.3 Å². The Bertz CT molecular complexity index is 864. The van der Waals surface area contributed by atoms with Gasteiger partial charge in [0.25, 0.3) is 5.91 Å². The molecule has 7 heteroatoms. The molecule has 1 heterocycles. The summed E-state index contributed by atoms with van der Waals surface area (Å²) in [7, 11) is 0. The van der Waals surface area contributed by atoms with Gasteiger partial charge in [-0.1, -0.05) is 37.3 Å². The third-order valence-corrected chi connectivity index (χ3v) is 4.53. The Balaban J connectivity index is 1.73. The van der Waals surface area contributed by atoms with Crippen molar-refractivity contribution in [3.8, 4) is 5.75 Å². The number of para-hydroxylation sites is 2. The third-order valence-electron chi connectivity index (χ3n) is 4.53. The number of alkyl halides is 3. The number of ether oxygens (including phenoxy) is 1. The molecule has 4 nitrogen and oxygen atoms in total. The lowest BCUT2D eigenvalue weighted by molar-refractivity contribution is -0.137. The van der Waals surface area contributed by atoms with Crippen molar-refractivity contribution in [2.45, 2.75) is 25.4 Å². The van der Waals surface area contributed by atoms with Crippen molar-refractivity contribution < 1.29 is 22.7 Å². The highest BCUT2D eigenvalue weighted by molar-refractivity contribution is 6.42. The number of nitrogens with one attached hydrogen (secondary N) is 1. The summed E-state index contributed by atoms with van der Waals surface area (Å²) in [5.41, 5.74) is 0.179. The molecule has 2 aromatic carbocycles. The van der Waals surface area contributed by atoms with Crippen LogP contribution in [0.4, 0.5) is 18.9 Å². The zero-order chi connectivity index (χ0) is 19.6. The van der Waals surface area contributed by atoms with Gasteiger partial charge in [-0.2, -0.15) is 13.2 Å². The third kappa shape index (κ3) is 4.13. The van der Waals surface area contributed by atoms with Crippen molar-refractivity contribution in [2.75, 3.05) is 18.1 Å². The molecule has 1 atom stereocenters. The van der Waals surface area contributed by atoms with Crippen LogP contribution in [0.1, 0.15) is 30.4 Å². The van der Waals surface area contributed by atoms with Crippen molar-refractivity contribution in [1.29, 1.82) is 5.41 Å². The number of carbonyl (C=O) groups excluding carboxylic acids is 1. The van der Waals surface area contributed by atoms with Crippen molar-refractivity contribution in [3.05, 3.63) is 59.7 Å². The van der Waals surface area contributed by atoms with Crippen LogP contribution in [0, 0.1) is 5.41 Å². The lowest BCUT2D eigenvalue weighted by atomic mass is 9.93. The van der Waals surface area contributed by atoms with E-state index in [9.17, 15) is 18.0 Å². The van der Waals surface area contributed by atoms with Gasteiger partial charge in [-0.05, 0) is 29.7 Å². The van der Waals surface area contributed by atoms with Crippen LogP contribution in [0.2, 0.25) is 0 Å². The van der Waals surface area contributed by atoms with Crippen LogP contribution in [0.5, 0.6) is 5.75 Å². The van der Waals surface area contributed by atoms with E-state index >= 15 is 0 Å². The number of benzene rings is 2. The largest absolute Gasteiger partial charge is 0.490 e. The van der Waals surface area contributed by atoms with Crippen LogP contribution in [-0.2, 0) is 11.0 Å². The predicted molar refractivity (Wildman–Crippen MR) is 96.5 cm³/mol. The second kappa shape index (κ2) is 7.42. The fraction of sp³-hybridized carbons (Fsp3) is 0.300. The van der Waals surface area contributed by atoms with Gasteiger partial charge in [0.2, 0.25) is 0 Å². The van der Waals surface area contributed by atoms with E-state index in [1.807, 2.05) is 0 Å². The molecule has 1 aliphatic heterocycles. The number of rotatable bonds is 4. The van der Waals surface area contributed by atoms with Crippen LogP contribution in [0.15, 0.2) is 48.5 Å². The smallest absolute Gasteiger partial charge is 0.416 e. The highest BCUT2D eigenvalue weighted by Gasteiger charge is 2.31. The lowest BCUT2D eigenvalue weighted by Crippen LogP contribution is -2.42. The van der Waals surface area contributed by atoms with Gasteiger partial charge in [-0.15, -0.1) is 0 Å². The van der Waals surface area contributed by atoms with Gasteiger partial charge in [0.05, 0.1) is 23.5 Å². The van der Waals surface area contributed by atoms with E-state index < -0.39 is 17.6 Å². The maximum atomic E-state index is 12.9. The van der Waals surface area contributed by atoms with E-state index in [1.54, 1.807) is 37.3 Å². The summed E-state index contributed by atoms with van der Waals surface area (Å²) in [5, 5.41) is 8.17. The zero-order valence-corrected chi connectivity index (χ0v) is 14.7. The molecule has 0 radical (unpaired) electrons. The Morgan fingerprint density at radius 3 is 2.70 bits per heavy atom. The average Bonchev–Trinajstić information content (AvgIpc) is 2.66. The summed E-state index contributed by atoms with van der Waals surface area (Å²) < 4.78 is 44.2. The molecular formula is C20H19F3N2O2. The molecule has 27 heavy (non-hydrogen) atoms. The highest BCUT2D eigenvalue weighted by Crippen LogP contribution is 2.33. The van der Waals surface area contributed by atoms with Gasteiger partial charge in [-0.3, -0.25) is 10.2 Å². The molecule has 0 spiro atoms. The summed E-state index contributed by atoms with van der Waals surface area (Å²) in [6, 6.07) is 12.1. The monoisotopic (exact) mass is 376 g/mol. The van der Waals surface area contributed by atoms with Crippen LogP contribution >= 0.6 is 0 Å². The Morgan fingerprint density at radius 1 is 1.22 bits per heavy atom. The lowest BCUT2D eigenvalue weighted by Gasteiger charge is -2.30. The van der Waals surface area contributed by atoms with Gasteiger partial charge in [0, 0.05) is 6.42 Å². The quantitative estimate of drug-likeness (QED) is 0.790. The topological polar surface area (TPSA) is 53.4 Å². The number of amides is 1. The molecule has 1 amide bonds. The first-order chi connectivity index (χ1) is 12.8. The highest BCUT2D eigenvalue weighted by atomic mass is 19.4. The van der Waals surface area contributed by atoms with E-state index in [-0.39, 0.29) is 18.1 Å². The summed E-state index contributed by atoms with van der Waals surface area (Å²) >= 11 is 0. The van der Waals surface area contributed by atoms with Gasteiger partial charge < -0.3 is 9.64 Å². The van der Waals surface area contributed by atoms with Gasteiger partial charge in [-0.25, -0.2) is 0 Å². The Hall–Kier alpha value is -2.83. The van der Waals surface area contributed by atoms with E-state index in [4.69, 9.17) is 10.1 Å². The molecule has 1 unspecified atom stereocenters. The molecule has 0 saturated carbocycles. The fourth-order valence-corrected chi connectivity index (χ4v) is 3.08. The first kappa shape index (κ1) is 18.9. The van der Waals surface area contributed by atoms with Gasteiger partial charge in [0.15, 0.2) is 0 Å². The Morgan fingerprint density at radius 2 is 1.96 bits per heavy atom. The number of anilines is 1. The van der Waals surface area contributed by atoms with E-state index in [1.165, 1.54) is 11.0 Å². The molecular weight excluding hydrogens is 357 g/mol. The van der Waals surface area contributed by atoms with E-state index in [0.717, 1.165) is 12.1 Å². The molecule has 0 bridgehead atoms. The number of halogens is 3. The summed E-state index contributed by atoms with van der Waals surface area (Å²) in [6.07, 6.45) is -4.36. The van der Waals surface area contributed by atoms with Crippen LogP contribution < -0.4 is 9.64 Å². The normalized spacial score (nSPS) is 14.9. The average molecular weight is 376 g/mol. The first-order valence-electron chi connectivity index (χ1n) is 8.55. The first-order valence-corrected chi connectivity index (χ1v) is 8.55. The molecule has 3 rings (SSSR count). The van der Waals surface area contributed by atoms with Crippen LogP contribution in [0.25, 0.3) is 0 Å². The summed E-state index contributed by atoms with van der Waals surface area (Å²) in [4.78, 5) is 14.2. The molecule has 1 N–H and O–H groups in total. The molecule has 1 aliphatic rings. The SMILES string of the molecule is CC(CC(=N)C(=O)N1CCOc2ccccc21)c1cccc(C(F)(F)F)c1. The number of carbonyl (C=O) groups is 1. The minimum Gasteiger partial charge on any atom is -0.490 e. The van der Waals surface area contributed by atoms with Gasteiger partial charge in [0.1, 0.15) is 12.4 Å². The zero-order valence-electron chi connectivity index (χ0n) is 14.7. The summed E-state index contributed by atoms with van der Waals surface area (Å²) in [6.45, 7) is 2.37. The fourth-order valence-electron chi connectivity index (χ4n) is 3.08. The second-order valence-corrected chi connectivity index (χ2v) is 6.48.